The number of phenols is 2. The molecule has 7 heteroatoms. The first-order valence-corrected chi connectivity index (χ1v) is 20.0. The lowest BCUT2D eigenvalue weighted by Crippen LogP contribution is -2.31. The third-order valence-electron chi connectivity index (χ3n) is 9.99. The van der Waals surface area contributed by atoms with Crippen LogP contribution in [0.3, 0.4) is 0 Å². The van der Waals surface area contributed by atoms with Crippen LogP contribution in [0, 0.1) is 18.8 Å². The minimum atomic E-state index is -0.360. The van der Waals surface area contributed by atoms with Gasteiger partial charge in [0.15, 0.2) is 0 Å². The van der Waals surface area contributed by atoms with Crippen LogP contribution in [0.1, 0.15) is 123 Å². The molecule has 1 aromatic heterocycles. The Hall–Kier alpha value is -4.62. The van der Waals surface area contributed by atoms with Crippen LogP contribution in [0.2, 0.25) is 0 Å². The molecule has 0 aliphatic carbocycles. The number of phenolic OH excluding ortho intramolecular Hbond substituents is 2. The average Bonchev–Trinajstić information content (AvgIpc) is 3.18. The first-order chi connectivity index (χ1) is 25.9. The summed E-state index contributed by atoms with van der Waals surface area (Å²) in [4.78, 5) is 19.6. The van der Waals surface area contributed by atoms with Crippen molar-refractivity contribution < 1.29 is 15.0 Å². The Morgan fingerprint density at radius 1 is 0.796 bits per heavy atom. The van der Waals surface area contributed by atoms with Gasteiger partial charge in [0.05, 0.1) is 5.56 Å². The number of nitrogens with zero attached hydrogens (tertiary/aromatic N) is 2. The molecule has 1 amide bonds. The zero-order valence-corrected chi connectivity index (χ0v) is 35.0. The van der Waals surface area contributed by atoms with E-state index >= 15 is 0 Å². The number of aromatic nitrogens is 1. The lowest BCUT2D eigenvalue weighted by atomic mass is 9.96. The Morgan fingerprint density at radius 2 is 1.43 bits per heavy atom. The Balaban J connectivity index is 0.000000501. The fourth-order valence-electron chi connectivity index (χ4n) is 5.99. The summed E-state index contributed by atoms with van der Waals surface area (Å²) < 4.78 is 0. The monoisotopic (exact) mass is 737 g/mol. The third-order valence-corrected chi connectivity index (χ3v) is 9.99. The fourth-order valence-corrected chi connectivity index (χ4v) is 5.99. The molecule has 0 aliphatic rings. The van der Waals surface area contributed by atoms with E-state index in [-0.39, 0.29) is 28.7 Å². The number of pyridine rings is 1. The maximum Gasteiger partial charge on any atom is 0.255 e. The Bertz CT molecular complexity index is 1730. The number of hydrogen-bond acceptors (Lipinski definition) is 6. The van der Waals surface area contributed by atoms with E-state index in [0.717, 1.165) is 29.6 Å². The average molecular weight is 737 g/mol. The molecule has 4 N–H and O–H groups in total. The van der Waals surface area contributed by atoms with Gasteiger partial charge in [0, 0.05) is 53.7 Å². The first-order valence-electron chi connectivity index (χ1n) is 20.0. The molecule has 0 bridgehead atoms. The molecule has 0 aliphatic heterocycles. The van der Waals surface area contributed by atoms with Crippen molar-refractivity contribution in [2.45, 2.75) is 108 Å². The number of aromatic hydroxyl groups is 2. The van der Waals surface area contributed by atoms with Gasteiger partial charge in [0.2, 0.25) is 0 Å². The van der Waals surface area contributed by atoms with Crippen LogP contribution in [0.15, 0.2) is 84.7 Å². The summed E-state index contributed by atoms with van der Waals surface area (Å²) in [5.41, 5.74) is 8.37. The van der Waals surface area contributed by atoms with Crippen LogP contribution in [0.25, 0.3) is 16.7 Å². The molecule has 4 rings (SSSR count). The van der Waals surface area contributed by atoms with Crippen LogP contribution in [-0.2, 0) is 0 Å². The number of carbonyl (C=O) groups excluding carboxylic acids is 1. The van der Waals surface area contributed by atoms with E-state index in [2.05, 4.69) is 95.0 Å². The molecule has 2 unspecified atom stereocenters. The van der Waals surface area contributed by atoms with Crippen molar-refractivity contribution in [3.8, 4) is 22.6 Å². The van der Waals surface area contributed by atoms with Crippen molar-refractivity contribution >= 4 is 28.5 Å². The van der Waals surface area contributed by atoms with Crippen molar-refractivity contribution in [3.63, 3.8) is 0 Å². The molecular formula is C47H68N4O3. The largest absolute Gasteiger partial charge is 0.507 e. The van der Waals surface area contributed by atoms with Crippen LogP contribution in [0.5, 0.6) is 11.5 Å². The van der Waals surface area contributed by atoms with E-state index in [9.17, 15) is 15.0 Å². The van der Waals surface area contributed by atoms with Crippen molar-refractivity contribution in [2.24, 2.45) is 11.8 Å². The quantitative estimate of drug-likeness (QED) is 0.0914. The number of hydrogen-bond donors (Lipinski definition) is 4. The van der Waals surface area contributed by atoms with Crippen molar-refractivity contribution in [1.29, 1.82) is 0 Å². The van der Waals surface area contributed by atoms with E-state index < -0.39 is 0 Å². The van der Waals surface area contributed by atoms with Gasteiger partial charge in [0.1, 0.15) is 11.5 Å². The van der Waals surface area contributed by atoms with Crippen molar-refractivity contribution in [3.05, 3.63) is 101 Å². The maximum atomic E-state index is 13.0. The second kappa shape index (κ2) is 23.9. The number of carbonyl (C=O) groups is 1. The summed E-state index contributed by atoms with van der Waals surface area (Å²) >= 11 is 0. The van der Waals surface area contributed by atoms with Gasteiger partial charge in [-0.1, -0.05) is 85.9 Å². The molecular weight excluding hydrogens is 669 g/mol. The summed E-state index contributed by atoms with van der Waals surface area (Å²) in [5, 5.41) is 27.2. The van der Waals surface area contributed by atoms with Crippen molar-refractivity contribution in [1.82, 2.24) is 9.88 Å². The molecule has 7 nitrogen and oxygen atoms in total. The number of nitrogens with one attached hydrogen (secondary N) is 2. The number of aryl methyl sites for hydroxylation is 1. The number of benzene rings is 3. The molecule has 0 spiro atoms. The Kier molecular flexibility index (Phi) is 20.2. The fraction of sp³-hybridized carbons (Fsp3) is 0.447. The van der Waals surface area contributed by atoms with Crippen molar-refractivity contribution in [2.75, 3.05) is 30.3 Å². The highest BCUT2D eigenvalue weighted by molar-refractivity contribution is 6.05. The summed E-state index contributed by atoms with van der Waals surface area (Å²) in [6.45, 7) is 28.0. The number of rotatable bonds is 16. The molecule has 0 radical (unpaired) electrons. The van der Waals surface area contributed by atoms with Crippen LogP contribution < -0.4 is 10.6 Å². The van der Waals surface area contributed by atoms with E-state index in [1.807, 2.05) is 26.0 Å². The minimum absolute atomic E-state index is 0.144. The molecule has 294 valence electrons. The van der Waals surface area contributed by atoms with Gasteiger partial charge in [-0.3, -0.25) is 9.78 Å². The SMILES string of the molecule is CC.CC/C(C)=C(/C)c1cc(Nc2cccc(C(=O)Nc3cc(O)c(-c4ccncc4)c(O)c3)c2)ccc1C.CCCN(CCC(C)CC)CC(C)CC. The zero-order chi connectivity index (χ0) is 40.2. The van der Waals surface area contributed by atoms with Gasteiger partial charge in [-0.2, -0.15) is 0 Å². The predicted octanol–water partition coefficient (Wildman–Crippen LogP) is 12.9. The molecule has 0 saturated carbocycles. The van der Waals surface area contributed by atoms with Gasteiger partial charge in [0.25, 0.3) is 5.91 Å². The lowest BCUT2D eigenvalue weighted by molar-refractivity contribution is 0.102. The number of anilines is 3. The maximum absolute atomic E-state index is 13.0. The second-order valence-corrected chi connectivity index (χ2v) is 14.2. The van der Waals surface area contributed by atoms with Crippen LogP contribution in [0.4, 0.5) is 17.1 Å². The smallest absolute Gasteiger partial charge is 0.255 e. The van der Waals surface area contributed by atoms with Gasteiger partial charge in [-0.15, -0.1) is 0 Å². The molecule has 4 aromatic rings. The topological polar surface area (TPSA) is 97.7 Å². The number of allylic oxidation sites excluding steroid dienone is 2. The third kappa shape index (κ3) is 14.3. The minimum Gasteiger partial charge on any atom is -0.507 e. The first kappa shape index (κ1) is 45.5. The molecule has 2 atom stereocenters. The van der Waals surface area contributed by atoms with E-state index in [1.165, 1.54) is 79.7 Å². The highest BCUT2D eigenvalue weighted by atomic mass is 16.3. The van der Waals surface area contributed by atoms with Gasteiger partial charge in [-0.05, 0) is 130 Å². The lowest BCUT2D eigenvalue weighted by Gasteiger charge is -2.25. The van der Waals surface area contributed by atoms with E-state index in [1.54, 1.807) is 42.7 Å². The van der Waals surface area contributed by atoms with E-state index in [4.69, 9.17) is 0 Å². The Morgan fingerprint density at radius 3 is 2.02 bits per heavy atom. The Labute approximate surface area is 327 Å². The molecule has 0 fully saturated rings. The van der Waals surface area contributed by atoms with Gasteiger partial charge >= 0.3 is 0 Å². The molecule has 54 heavy (non-hydrogen) atoms. The highest BCUT2D eigenvalue weighted by Crippen LogP contribution is 2.39. The van der Waals surface area contributed by atoms with E-state index in [0.29, 0.717) is 11.1 Å². The standard InChI is InChI=1S/C31H31N3O3.C14H31N.C2H6/c1-5-19(2)21(4)27-16-25(10-9-20(27)3)33-24-8-6-7-23(15-24)31(37)34-26-17-28(35)30(29(36)18-26)22-11-13-32-14-12-22;1-6-10-15(12-14(5)8-3)11-9-13(4)7-2;1-2/h6-18,33,35-36H,5H2,1-4H3,(H,34,37);13-14H,6-12H2,1-5H3;1-2H3/b21-19-;;. The summed E-state index contributed by atoms with van der Waals surface area (Å²) in [6, 6.07) is 19.6. The van der Waals surface area contributed by atoms with Crippen LogP contribution >= 0.6 is 0 Å². The molecule has 0 saturated heterocycles. The predicted molar refractivity (Wildman–Crippen MR) is 232 cm³/mol. The molecule has 1 heterocycles. The summed E-state index contributed by atoms with van der Waals surface area (Å²) in [6.07, 6.45) is 9.44. The molecule has 3 aromatic carbocycles. The second-order valence-electron chi connectivity index (χ2n) is 14.2. The number of amides is 1. The summed E-state index contributed by atoms with van der Waals surface area (Å²) in [7, 11) is 0. The zero-order valence-electron chi connectivity index (χ0n) is 35.0. The summed E-state index contributed by atoms with van der Waals surface area (Å²) in [5.74, 6) is 1.10. The van der Waals surface area contributed by atoms with Gasteiger partial charge < -0.3 is 25.7 Å². The highest BCUT2D eigenvalue weighted by Gasteiger charge is 2.15. The normalized spacial score (nSPS) is 12.4. The van der Waals surface area contributed by atoms with Gasteiger partial charge in [-0.25, -0.2) is 0 Å². The van der Waals surface area contributed by atoms with Crippen LogP contribution in [-0.4, -0.2) is 45.6 Å².